The van der Waals surface area contributed by atoms with Crippen LogP contribution in [0.3, 0.4) is 0 Å². The highest BCUT2D eigenvalue weighted by molar-refractivity contribution is 5.40. The maximum absolute atomic E-state index is 13.6. The number of rotatable bonds is 3. The fourth-order valence-corrected chi connectivity index (χ4v) is 1.48. The molecule has 0 spiro atoms. The topological polar surface area (TPSA) is 48.1 Å². The van der Waals surface area contributed by atoms with Gasteiger partial charge in [0, 0.05) is 18.0 Å². The first kappa shape index (κ1) is 13.1. The molecule has 0 amide bonds. The molecule has 19 heavy (non-hydrogen) atoms. The largest absolute Gasteiger partial charge is 0.486 e. The third-order valence-corrected chi connectivity index (χ3v) is 2.41. The van der Waals surface area contributed by atoms with Gasteiger partial charge in [0.25, 0.3) is 0 Å². The zero-order chi connectivity index (χ0) is 13.5. The molecule has 0 saturated heterocycles. The van der Waals surface area contributed by atoms with Crippen LogP contribution in [0.25, 0.3) is 0 Å². The Kier molecular flexibility index (Phi) is 4.49. The van der Waals surface area contributed by atoms with Crippen molar-refractivity contribution in [1.82, 2.24) is 4.98 Å². The van der Waals surface area contributed by atoms with Crippen molar-refractivity contribution in [3.63, 3.8) is 0 Å². The summed E-state index contributed by atoms with van der Waals surface area (Å²) in [6.45, 7) is 0.553. The van der Waals surface area contributed by atoms with Gasteiger partial charge < -0.3 is 10.5 Å². The summed E-state index contributed by atoms with van der Waals surface area (Å²) in [6.07, 6.45) is 3.33. The average Bonchev–Trinajstić information content (AvgIpc) is 2.46. The lowest BCUT2D eigenvalue weighted by molar-refractivity contribution is 0.290. The van der Waals surface area contributed by atoms with Crippen molar-refractivity contribution in [2.24, 2.45) is 5.73 Å². The molecule has 0 bridgehead atoms. The van der Waals surface area contributed by atoms with E-state index in [4.69, 9.17) is 10.5 Å². The van der Waals surface area contributed by atoms with Crippen molar-refractivity contribution in [2.45, 2.75) is 6.61 Å². The molecule has 1 aromatic carbocycles. The fraction of sp³-hybridized carbons (Fsp3) is 0.133. The summed E-state index contributed by atoms with van der Waals surface area (Å²) >= 11 is 0. The molecule has 0 unspecified atom stereocenters. The van der Waals surface area contributed by atoms with Gasteiger partial charge in [-0.05, 0) is 35.9 Å². The molecule has 2 N–H and O–H groups in total. The number of nitrogens with two attached hydrogens (primary N) is 1. The Bertz CT molecular complexity index is 603. The maximum atomic E-state index is 13.6. The molecule has 0 aliphatic heterocycles. The monoisotopic (exact) mass is 256 g/mol. The first-order valence-electron chi connectivity index (χ1n) is 5.80. The molecular formula is C15H13FN2O. The van der Waals surface area contributed by atoms with E-state index in [0.29, 0.717) is 5.56 Å². The SMILES string of the molecule is NCC#Cc1ccc(F)c(OCc2ccncc2)c1. The highest BCUT2D eigenvalue weighted by Crippen LogP contribution is 2.19. The third-order valence-electron chi connectivity index (χ3n) is 2.41. The zero-order valence-corrected chi connectivity index (χ0v) is 10.3. The second kappa shape index (κ2) is 6.53. The number of ether oxygens (including phenoxy) is 1. The van der Waals surface area contributed by atoms with Gasteiger partial charge in [0.1, 0.15) is 6.61 Å². The van der Waals surface area contributed by atoms with E-state index in [1.54, 1.807) is 24.5 Å². The highest BCUT2D eigenvalue weighted by atomic mass is 19.1. The number of hydrogen-bond acceptors (Lipinski definition) is 3. The molecule has 2 rings (SSSR count). The van der Waals surface area contributed by atoms with E-state index < -0.39 is 5.82 Å². The first-order valence-corrected chi connectivity index (χ1v) is 5.80. The molecule has 1 heterocycles. The third kappa shape index (κ3) is 3.80. The van der Waals surface area contributed by atoms with Gasteiger partial charge >= 0.3 is 0 Å². The molecule has 1 aromatic heterocycles. The second-order valence-electron chi connectivity index (χ2n) is 3.80. The Morgan fingerprint density at radius 2 is 2.00 bits per heavy atom. The van der Waals surface area contributed by atoms with E-state index in [1.165, 1.54) is 6.07 Å². The minimum atomic E-state index is -0.410. The molecule has 0 aliphatic rings. The lowest BCUT2D eigenvalue weighted by Crippen LogP contribution is -1.98. The standard InChI is InChI=1S/C15H13FN2O/c16-14-4-3-12(2-1-7-17)10-15(14)19-11-13-5-8-18-9-6-13/h3-6,8-10H,7,11,17H2. The molecule has 0 aliphatic carbocycles. The van der Waals surface area contributed by atoms with Crippen molar-refractivity contribution in [1.29, 1.82) is 0 Å². The number of hydrogen-bond donors (Lipinski definition) is 1. The summed E-state index contributed by atoms with van der Waals surface area (Å²) < 4.78 is 19.0. The first-order chi connectivity index (χ1) is 9.29. The molecule has 0 atom stereocenters. The van der Waals surface area contributed by atoms with Crippen LogP contribution in [-0.2, 0) is 6.61 Å². The number of benzene rings is 1. The Balaban J connectivity index is 2.11. The summed E-state index contributed by atoms with van der Waals surface area (Å²) in [7, 11) is 0. The summed E-state index contributed by atoms with van der Waals surface area (Å²) in [5.41, 5.74) is 6.90. The van der Waals surface area contributed by atoms with Gasteiger partial charge in [-0.25, -0.2) is 4.39 Å². The smallest absolute Gasteiger partial charge is 0.165 e. The summed E-state index contributed by atoms with van der Waals surface area (Å²) in [6, 6.07) is 8.13. The maximum Gasteiger partial charge on any atom is 0.165 e. The second-order valence-corrected chi connectivity index (χ2v) is 3.80. The van der Waals surface area contributed by atoms with Gasteiger partial charge in [-0.2, -0.15) is 0 Å². The van der Waals surface area contributed by atoms with Crippen LogP contribution in [0.4, 0.5) is 4.39 Å². The Morgan fingerprint density at radius 3 is 2.74 bits per heavy atom. The Morgan fingerprint density at radius 1 is 1.21 bits per heavy atom. The normalized spacial score (nSPS) is 9.58. The fourth-order valence-electron chi connectivity index (χ4n) is 1.48. The number of pyridine rings is 1. The molecule has 4 heteroatoms. The quantitative estimate of drug-likeness (QED) is 0.856. The van der Waals surface area contributed by atoms with Gasteiger partial charge in [0.05, 0.1) is 6.54 Å². The van der Waals surface area contributed by atoms with E-state index in [-0.39, 0.29) is 18.9 Å². The van der Waals surface area contributed by atoms with Gasteiger partial charge in [0.15, 0.2) is 11.6 Å². The van der Waals surface area contributed by atoms with Gasteiger partial charge in [-0.1, -0.05) is 11.8 Å². The van der Waals surface area contributed by atoms with Crippen molar-refractivity contribution in [3.8, 4) is 17.6 Å². The minimum absolute atomic E-state index is 0.181. The number of aromatic nitrogens is 1. The summed E-state index contributed by atoms with van der Waals surface area (Å²) in [5.74, 6) is 5.33. The van der Waals surface area contributed by atoms with Crippen molar-refractivity contribution >= 4 is 0 Å². The molecule has 2 aromatic rings. The van der Waals surface area contributed by atoms with E-state index in [0.717, 1.165) is 5.56 Å². The summed E-state index contributed by atoms with van der Waals surface area (Å²) in [4.78, 5) is 3.91. The Hall–Kier alpha value is -2.38. The van der Waals surface area contributed by atoms with Gasteiger partial charge in [-0.15, -0.1) is 0 Å². The van der Waals surface area contributed by atoms with Gasteiger partial charge in [-0.3, -0.25) is 4.98 Å². The van der Waals surface area contributed by atoms with E-state index in [1.807, 2.05) is 12.1 Å². The average molecular weight is 256 g/mol. The van der Waals surface area contributed by atoms with Crippen LogP contribution >= 0.6 is 0 Å². The summed E-state index contributed by atoms with van der Waals surface area (Å²) in [5, 5.41) is 0. The van der Waals surface area contributed by atoms with Crippen molar-refractivity contribution in [3.05, 3.63) is 59.7 Å². The van der Waals surface area contributed by atoms with Crippen LogP contribution in [0.2, 0.25) is 0 Å². The molecule has 0 saturated carbocycles. The van der Waals surface area contributed by atoms with E-state index in [9.17, 15) is 4.39 Å². The highest BCUT2D eigenvalue weighted by Gasteiger charge is 2.04. The predicted molar refractivity (Wildman–Crippen MR) is 70.9 cm³/mol. The molecular weight excluding hydrogens is 243 g/mol. The van der Waals surface area contributed by atoms with Crippen LogP contribution in [0.5, 0.6) is 5.75 Å². The van der Waals surface area contributed by atoms with Crippen LogP contribution in [0.1, 0.15) is 11.1 Å². The Labute approximate surface area is 111 Å². The zero-order valence-electron chi connectivity index (χ0n) is 10.3. The molecule has 96 valence electrons. The number of halogens is 1. The van der Waals surface area contributed by atoms with E-state index >= 15 is 0 Å². The van der Waals surface area contributed by atoms with Crippen molar-refractivity contribution < 1.29 is 9.13 Å². The lowest BCUT2D eigenvalue weighted by Gasteiger charge is -2.07. The van der Waals surface area contributed by atoms with Crippen LogP contribution in [-0.4, -0.2) is 11.5 Å². The minimum Gasteiger partial charge on any atom is -0.486 e. The molecule has 0 radical (unpaired) electrons. The predicted octanol–water partition coefficient (Wildman–Crippen LogP) is 2.11. The lowest BCUT2D eigenvalue weighted by atomic mass is 10.2. The van der Waals surface area contributed by atoms with E-state index in [2.05, 4.69) is 16.8 Å². The van der Waals surface area contributed by atoms with Gasteiger partial charge in [0.2, 0.25) is 0 Å². The van der Waals surface area contributed by atoms with Crippen LogP contribution in [0, 0.1) is 17.7 Å². The molecule has 3 nitrogen and oxygen atoms in total. The molecule has 0 fully saturated rings. The van der Waals surface area contributed by atoms with Crippen LogP contribution in [0.15, 0.2) is 42.7 Å². The van der Waals surface area contributed by atoms with Crippen molar-refractivity contribution in [2.75, 3.05) is 6.54 Å². The van der Waals surface area contributed by atoms with Crippen LogP contribution < -0.4 is 10.5 Å². The number of nitrogens with zero attached hydrogens (tertiary/aromatic N) is 1.